The minimum atomic E-state index is -4.11. The number of ether oxygens (including phenoxy) is 1. The van der Waals surface area contributed by atoms with Crippen LogP contribution in [-0.4, -0.2) is 44.8 Å². The van der Waals surface area contributed by atoms with Crippen LogP contribution in [0, 0.1) is 6.92 Å². The van der Waals surface area contributed by atoms with E-state index in [1.807, 2.05) is 14.1 Å². The molecule has 0 bridgehead atoms. The van der Waals surface area contributed by atoms with Crippen molar-refractivity contribution in [1.29, 1.82) is 0 Å². The lowest BCUT2D eigenvalue weighted by molar-refractivity contribution is -0.872. The Morgan fingerprint density at radius 2 is 1.83 bits per heavy atom. The number of hydrogen-bond acceptors (Lipinski definition) is 5. The van der Waals surface area contributed by atoms with Crippen LogP contribution in [-0.2, 0) is 28.2 Å². The van der Waals surface area contributed by atoms with E-state index in [1.54, 1.807) is 49.7 Å². The monoisotopic (exact) mass is 431 g/mol. The normalized spacial score (nSPS) is 11.9. The molecule has 2 N–H and O–H groups in total. The quantitative estimate of drug-likeness (QED) is 0.582. The zero-order chi connectivity index (χ0) is 22.2. The number of aryl methyl sites for hydroxylation is 1. The SMILES string of the molecule is CCOC(=O)c1c(C)n(C)c2cc(C[NH+](C)C)c(O)c(S(=O)(=O)c3ccccc3)c12. The van der Waals surface area contributed by atoms with Crippen molar-refractivity contribution in [2.45, 2.75) is 30.2 Å². The maximum Gasteiger partial charge on any atom is 0.340 e. The molecule has 0 unspecified atom stereocenters. The van der Waals surface area contributed by atoms with Gasteiger partial charge in [0, 0.05) is 18.1 Å². The number of nitrogens with zero attached hydrogens (tertiary/aromatic N) is 1. The molecule has 0 atom stereocenters. The van der Waals surface area contributed by atoms with Crippen molar-refractivity contribution in [2.75, 3.05) is 20.7 Å². The summed E-state index contributed by atoms with van der Waals surface area (Å²) in [6.45, 7) is 4.00. The molecule has 0 saturated heterocycles. The fraction of sp³-hybridized carbons (Fsp3) is 0.318. The molecule has 1 heterocycles. The van der Waals surface area contributed by atoms with Crippen LogP contribution in [0.4, 0.5) is 0 Å². The van der Waals surface area contributed by atoms with Crippen LogP contribution in [0.1, 0.15) is 28.5 Å². The molecule has 0 aliphatic heterocycles. The second-order valence-corrected chi connectivity index (χ2v) is 9.43. The number of rotatable bonds is 6. The van der Waals surface area contributed by atoms with Gasteiger partial charge in [-0.25, -0.2) is 13.2 Å². The van der Waals surface area contributed by atoms with Crippen LogP contribution in [0.15, 0.2) is 46.2 Å². The molecular formula is C22H27N2O5S+. The number of phenolic OH excluding ortho intramolecular Hbond substituents is 1. The van der Waals surface area contributed by atoms with Crippen molar-refractivity contribution in [3.8, 4) is 5.75 Å². The molecule has 0 saturated carbocycles. The molecule has 0 spiro atoms. The maximum atomic E-state index is 13.6. The molecule has 0 radical (unpaired) electrons. The topological polar surface area (TPSA) is 90.0 Å². The van der Waals surface area contributed by atoms with Gasteiger partial charge in [0.15, 0.2) is 0 Å². The summed E-state index contributed by atoms with van der Waals surface area (Å²) in [7, 11) is 1.48. The van der Waals surface area contributed by atoms with E-state index >= 15 is 0 Å². The summed E-state index contributed by atoms with van der Waals surface area (Å²) in [6, 6.07) is 9.66. The summed E-state index contributed by atoms with van der Waals surface area (Å²) in [5.74, 6) is -0.945. The number of aromatic hydroxyl groups is 1. The van der Waals surface area contributed by atoms with Crippen LogP contribution in [0.5, 0.6) is 5.75 Å². The van der Waals surface area contributed by atoms with E-state index < -0.39 is 15.8 Å². The molecule has 30 heavy (non-hydrogen) atoms. The average molecular weight is 432 g/mol. The van der Waals surface area contributed by atoms with Gasteiger partial charge in [0.1, 0.15) is 17.2 Å². The Kier molecular flexibility index (Phi) is 5.92. The lowest BCUT2D eigenvalue weighted by Crippen LogP contribution is -3.04. The van der Waals surface area contributed by atoms with E-state index in [0.29, 0.717) is 23.3 Å². The number of aromatic nitrogens is 1. The molecule has 8 heteroatoms. The summed E-state index contributed by atoms with van der Waals surface area (Å²) >= 11 is 0. The van der Waals surface area contributed by atoms with Gasteiger partial charge in [-0.3, -0.25) is 0 Å². The first-order chi connectivity index (χ1) is 14.1. The zero-order valence-corrected chi connectivity index (χ0v) is 18.6. The Labute approximate surface area is 176 Å². The van der Waals surface area contributed by atoms with Crippen LogP contribution in [0.3, 0.4) is 0 Å². The first-order valence-electron chi connectivity index (χ1n) is 9.71. The molecule has 3 rings (SSSR count). The van der Waals surface area contributed by atoms with Crippen molar-refractivity contribution < 1.29 is 28.0 Å². The third-order valence-electron chi connectivity index (χ3n) is 5.14. The van der Waals surface area contributed by atoms with Gasteiger partial charge < -0.3 is 19.3 Å². The second-order valence-electron chi connectivity index (χ2n) is 7.55. The molecule has 2 aromatic carbocycles. The molecule has 0 aliphatic carbocycles. The Bertz CT molecular complexity index is 1210. The van der Waals surface area contributed by atoms with Crippen molar-refractivity contribution in [3.05, 3.63) is 53.2 Å². The third-order valence-corrected chi connectivity index (χ3v) is 6.96. The van der Waals surface area contributed by atoms with Gasteiger partial charge in [0.2, 0.25) is 9.84 Å². The van der Waals surface area contributed by atoms with Crippen molar-refractivity contribution >= 4 is 26.7 Å². The van der Waals surface area contributed by atoms with E-state index in [4.69, 9.17) is 4.74 Å². The van der Waals surface area contributed by atoms with Gasteiger partial charge in [-0.15, -0.1) is 0 Å². The number of nitrogens with one attached hydrogen (secondary N) is 1. The summed E-state index contributed by atoms with van der Waals surface area (Å²) in [5, 5.41) is 11.3. The number of phenols is 1. The van der Waals surface area contributed by atoms with Crippen LogP contribution in [0.25, 0.3) is 10.9 Å². The lowest BCUT2D eigenvalue weighted by Gasteiger charge is -2.15. The standard InChI is InChI=1S/C22H26N2O5S/c1-6-29-22(26)18-14(2)24(5)17-12-15(13-23(3)4)20(25)21(19(17)18)30(27,28)16-10-8-7-9-11-16/h7-12,25H,6,13H2,1-5H3/p+1. The number of benzene rings is 2. The summed E-state index contributed by atoms with van der Waals surface area (Å²) in [5.41, 5.74) is 1.77. The summed E-state index contributed by atoms with van der Waals surface area (Å²) < 4.78 is 34.2. The smallest absolute Gasteiger partial charge is 0.340 e. The second kappa shape index (κ2) is 8.12. The Morgan fingerprint density at radius 1 is 1.20 bits per heavy atom. The zero-order valence-electron chi connectivity index (χ0n) is 17.8. The maximum absolute atomic E-state index is 13.6. The Morgan fingerprint density at radius 3 is 2.40 bits per heavy atom. The highest BCUT2D eigenvalue weighted by atomic mass is 32.2. The molecule has 160 valence electrons. The first-order valence-corrected chi connectivity index (χ1v) is 11.2. The molecule has 3 aromatic rings. The largest absolute Gasteiger partial charge is 0.506 e. The number of quaternary nitrogens is 1. The van der Waals surface area contributed by atoms with Crippen LogP contribution >= 0.6 is 0 Å². The van der Waals surface area contributed by atoms with Crippen molar-refractivity contribution in [1.82, 2.24) is 4.57 Å². The fourth-order valence-electron chi connectivity index (χ4n) is 3.67. The number of hydrogen-bond donors (Lipinski definition) is 2. The number of carbonyl (C=O) groups excluding carboxylic acids is 1. The van der Waals surface area contributed by atoms with Crippen molar-refractivity contribution in [2.24, 2.45) is 7.05 Å². The molecular weight excluding hydrogens is 404 g/mol. The third kappa shape index (κ3) is 3.57. The van der Waals surface area contributed by atoms with Gasteiger partial charge in [0.25, 0.3) is 0 Å². The fourth-order valence-corrected chi connectivity index (χ4v) is 5.28. The molecule has 0 fully saturated rings. The van der Waals surface area contributed by atoms with Gasteiger partial charge >= 0.3 is 5.97 Å². The van der Waals surface area contributed by atoms with E-state index in [2.05, 4.69) is 0 Å². The average Bonchev–Trinajstić information content (AvgIpc) is 2.93. The lowest BCUT2D eigenvalue weighted by atomic mass is 10.1. The predicted molar refractivity (Wildman–Crippen MR) is 114 cm³/mol. The molecule has 0 amide bonds. The number of fused-ring (bicyclic) bond motifs is 1. The van der Waals surface area contributed by atoms with E-state index in [0.717, 1.165) is 4.90 Å². The van der Waals surface area contributed by atoms with Gasteiger partial charge in [0.05, 0.1) is 42.2 Å². The summed E-state index contributed by atoms with van der Waals surface area (Å²) in [6.07, 6.45) is 0. The number of carbonyl (C=O) groups is 1. The molecule has 7 nitrogen and oxygen atoms in total. The van der Waals surface area contributed by atoms with Crippen molar-refractivity contribution in [3.63, 3.8) is 0 Å². The van der Waals surface area contributed by atoms with Crippen LogP contribution < -0.4 is 4.90 Å². The predicted octanol–water partition coefficient (Wildman–Crippen LogP) is 1.85. The van der Waals surface area contributed by atoms with Gasteiger partial charge in [-0.1, -0.05) is 18.2 Å². The number of sulfone groups is 1. The highest BCUT2D eigenvalue weighted by molar-refractivity contribution is 7.91. The molecule has 1 aromatic heterocycles. The molecule has 0 aliphatic rings. The first kappa shape index (κ1) is 21.9. The van der Waals surface area contributed by atoms with E-state index in [-0.39, 0.29) is 33.1 Å². The highest BCUT2D eigenvalue weighted by Gasteiger charge is 2.33. The minimum Gasteiger partial charge on any atom is -0.506 e. The summed E-state index contributed by atoms with van der Waals surface area (Å²) in [4.78, 5) is 13.6. The van der Waals surface area contributed by atoms with E-state index in [9.17, 15) is 18.3 Å². The highest BCUT2D eigenvalue weighted by Crippen LogP contribution is 2.41. The Balaban J connectivity index is 2.51. The Hall–Kier alpha value is -2.84. The van der Waals surface area contributed by atoms with Gasteiger partial charge in [-0.05, 0) is 32.0 Å². The number of esters is 1. The van der Waals surface area contributed by atoms with Gasteiger partial charge in [-0.2, -0.15) is 0 Å². The van der Waals surface area contributed by atoms with Crippen LogP contribution in [0.2, 0.25) is 0 Å². The minimum absolute atomic E-state index is 0.0484. The van der Waals surface area contributed by atoms with E-state index in [1.165, 1.54) is 12.1 Å².